The molecule has 2 heterocycles. The van der Waals surface area contributed by atoms with Crippen molar-refractivity contribution in [1.29, 1.82) is 0 Å². The van der Waals surface area contributed by atoms with Crippen molar-refractivity contribution in [2.75, 3.05) is 3.88 Å². The Bertz CT molecular complexity index is 728. The summed E-state index contributed by atoms with van der Waals surface area (Å²) in [5, 5.41) is 1.26. The minimum absolute atomic E-state index is 0.525. The zero-order valence-corrected chi connectivity index (χ0v) is 16.8. The number of anilines is 1. The van der Waals surface area contributed by atoms with Crippen molar-refractivity contribution in [3.63, 3.8) is 0 Å². The van der Waals surface area contributed by atoms with Gasteiger partial charge in [-0.2, -0.15) is 0 Å². The predicted octanol–water partition coefficient (Wildman–Crippen LogP) is 6.05. The normalized spacial score (nSPS) is 17.0. The Hall–Kier alpha value is -1.30. The molecule has 0 N–H and O–H groups in total. The number of fused-ring (bicyclic) bond motifs is 3. The third-order valence-corrected chi connectivity index (χ3v) is 9.18. The Kier molecular flexibility index (Phi) is 5.33. The van der Waals surface area contributed by atoms with Crippen molar-refractivity contribution in [2.45, 2.75) is 63.1 Å². The summed E-state index contributed by atoms with van der Waals surface area (Å²) in [6.07, 6.45) is 9.14. The molecule has 0 saturated carbocycles. The summed E-state index contributed by atoms with van der Waals surface area (Å²) in [6, 6.07) is 9.25. The van der Waals surface area contributed by atoms with Crippen LogP contribution in [0.3, 0.4) is 0 Å². The number of pyridine rings is 1. The van der Waals surface area contributed by atoms with Crippen LogP contribution in [0, 0.1) is 0 Å². The SMILES string of the molecule is CCCC1C=Cc2ccc3cccnc3c2[N]1[Al]([CH](C)C)[CH](C)C. The van der Waals surface area contributed by atoms with E-state index in [1.165, 1.54) is 35.0 Å². The molecule has 0 spiro atoms. The maximum atomic E-state index is 4.79. The van der Waals surface area contributed by atoms with Gasteiger partial charge in [0.1, 0.15) is 0 Å². The van der Waals surface area contributed by atoms with Gasteiger partial charge < -0.3 is 3.88 Å². The number of nitrogens with zero attached hydrogens (tertiary/aromatic N) is 2. The quantitative estimate of drug-likeness (QED) is 0.618. The third-order valence-electron chi connectivity index (χ3n) is 5.16. The summed E-state index contributed by atoms with van der Waals surface area (Å²) in [5.74, 6) is 0. The number of aromatic nitrogens is 1. The standard InChI is InChI=1S/C15H15N2.2C3H7.Al/c1-2-4-13-9-8-12-7-6-11-5-3-10-16-14(11)15(12)17-13;2*1-3-2;/h3,5-10,13H,2,4H2,1H3;2*3H,1-2H3;/q-1;;;+1. The predicted molar refractivity (Wildman–Crippen MR) is 108 cm³/mol. The van der Waals surface area contributed by atoms with Crippen LogP contribution in [0.5, 0.6) is 0 Å². The molecule has 0 fully saturated rings. The van der Waals surface area contributed by atoms with Gasteiger partial charge in [-0.15, -0.1) is 0 Å². The lowest BCUT2D eigenvalue weighted by molar-refractivity contribution is 0.683. The van der Waals surface area contributed by atoms with Crippen molar-refractivity contribution in [2.24, 2.45) is 0 Å². The maximum absolute atomic E-state index is 4.79. The molecule has 1 unspecified atom stereocenters. The molecule has 2 aromatic rings. The van der Waals surface area contributed by atoms with Gasteiger partial charge in [-0.3, -0.25) is 4.98 Å². The zero-order valence-electron chi connectivity index (χ0n) is 15.7. The molecule has 1 aromatic carbocycles. The van der Waals surface area contributed by atoms with Gasteiger partial charge in [-0.25, -0.2) is 0 Å². The first-order chi connectivity index (χ1) is 11.5. The van der Waals surface area contributed by atoms with E-state index < -0.39 is 14.4 Å². The summed E-state index contributed by atoms with van der Waals surface area (Å²) in [4.78, 5) is 4.79. The molecule has 2 nitrogen and oxygen atoms in total. The topological polar surface area (TPSA) is 16.1 Å². The molecule has 1 aliphatic rings. The molecule has 0 saturated heterocycles. The van der Waals surface area contributed by atoms with E-state index in [2.05, 4.69) is 68.9 Å². The lowest BCUT2D eigenvalue weighted by Crippen LogP contribution is -2.50. The van der Waals surface area contributed by atoms with Crippen LogP contribution >= 0.6 is 0 Å². The fraction of sp³-hybridized carbons (Fsp3) is 0.476. The summed E-state index contributed by atoms with van der Waals surface area (Å²) in [6.45, 7) is 11.9. The lowest BCUT2D eigenvalue weighted by Gasteiger charge is -2.44. The van der Waals surface area contributed by atoms with Crippen LogP contribution < -0.4 is 3.88 Å². The second kappa shape index (κ2) is 7.30. The van der Waals surface area contributed by atoms with Crippen molar-refractivity contribution < 1.29 is 0 Å². The second-order valence-electron chi connectivity index (χ2n) is 7.68. The van der Waals surface area contributed by atoms with Crippen molar-refractivity contribution >= 4 is 37.0 Å². The number of rotatable bonds is 5. The van der Waals surface area contributed by atoms with E-state index in [0.29, 0.717) is 6.04 Å². The highest BCUT2D eigenvalue weighted by atomic mass is 27.2. The van der Waals surface area contributed by atoms with Gasteiger partial charge in [-0.05, 0) is 18.1 Å². The molecule has 1 aromatic heterocycles. The maximum Gasteiger partial charge on any atom is 0.420 e. The monoisotopic (exact) mass is 336 g/mol. The van der Waals surface area contributed by atoms with Crippen molar-refractivity contribution in [1.82, 2.24) is 4.98 Å². The summed E-state index contributed by atoms with van der Waals surface area (Å²) in [7, 11) is 0. The summed E-state index contributed by atoms with van der Waals surface area (Å²) in [5.41, 5.74) is 3.92. The van der Waals surface area contributed by atoms with Crippen LogP contribution in [0.1, 0.15) is 53.0 Å². The molecular weight excluding hydrogens is 307 g/mol. The van der Waals surface area contributed by atoms with Gasteiger partial charge in [0.05, 0.1) is 5.52 Å². The van der Waals surface area contributed by atoms with Gasteiger partial charge in [0.25, 0.3) is 0 Å². The van der Waals surface area contributed by atoms with E-state index in [4.69, 9.17) is 4.98 Å². The Balaban J connectivity index is 2.23. The molecule has 0 radical (unpaired) electrons. The zero-order chi connectivity index (χ0) is 17.3. The minimum atomic E-state index is -1.15. The Morgan fingerprint density at radius 1 is 1.12 bits per heavy atom. The molecule has 0 aliphatic carbocycles. The first-order valence-corrected chi connectivity index (χ1v) is 11.2. The molecule has 1 atom stereocenters. The molecule has 24 heavy (non-hydrogen) atoms. The number of hydrogen-bond donors (Lipinski definition) is 0. The lowest BCUT2D eigenvalue weighted by atomic mass is 10.0. The van der Waals surface area contributed by atoms with Gasteiger partial charge in [0.2, 0.25) is 0 Å². The van der Waals surface area contributed by atoms with Gasteiger partial charge in [0.15, 0.2) is 0 Å². The van der Waals surface area contributed by atoms with E-state index in [1.807, 2.05) is 12.3 Å². The van der Waals surface area contributed by atoms with E-state index in [1.54, 1.807) is 0 Å². The summed E-state index contributed by atoms with van der Waals surface area (Å²) < 4.78 is 4.30. The fourth-order valence-electron chi connectivity index (χ4n) is 4.34. The number of hydrogen-bond acceptors (Lipinski definition) is 2. The highest BCUT2D eigenvalue weighted by molar-refractivity contribution is 6.66. The first-order valence-electron chi connectivity index (χ1n) is 9.38. The van der Waals surface area contributed by atoms with Crippen molar-refractivity contribution in [3.8, 4) is 0 Å². The molecular formula is C21H29AlN2. The highest BCUT2D eigenvalue weighted by Crippen LogP contribution is 2.40. The van der Waals surface area contributed by atoms with E-state index >= 15 is 0 Å². The van der Waals surface area contributed by atoms with Crippen LogP contribution in [0.25, 0.3) is 17.0 Å². The average Bonchev–Trinajstić information content (AvgIpc) is 2.55. The smallest absolute Gasteiger partial charge is 0.420 e. The van der Waals surface area contributed by atoms with Gasteiger partial charge in [-0.1, -0.05) is 81.0 Å². The Morgan fingerprint density at radius 2 is 1.88 bits per heavy atom. The van der Waals surface area contributed by atoms with E-state index in [0.717, 1.165) is 9.56 Å². The third kappa shape index (κ3) is 3.13. The average molecular weight is 336 g/mol. The molecule has 3 heteroatoms. The molecule has 0 bridgehead atoms. The molecule has 1 aliphatic heterocycles. The van der Waals surface area contributed by atoms with Crippen LogP contribution in [0.4, 0.5) is 5.69 Å². The van der Waals surface area contributed by atoms with Crippen LogP contribution in [-0.2, 0) is 0 Å². The summed E-state index contributed by atoms with van der Waals surface area (Å²) >= 11 is -1.15. The molecule has 3 rings (SSSR count). The highest BCUT2D eigenvalue weighted by Gasteiger charge is 2.39. The van der Waals surface area contributed by atoms with E-state index in [9.17, 15) is 0 Å². The van der Waals surface area contributed by atoms with Crippen LogP contribution in [0.15, 0.2) is 36.5 Å². The van der Waals surface area contributed by atoms with Crippen LogP contribution in [0.2, 0.25) is 9.56 Å². The van der Waals surface area contributed by atoms with Gasteiger partial charge in [0, 0.05) is 23.3 Å². The first kappa shape index (κ1) is 17.5. The minimum Gasteiger partial charge on any atom is -0.455 e. The van der Waals surface area contributed by atoms with Crippen LogP contribution in [-0.4, -0.2) is 25.4 Å². The second-order valence-corrected chi connectivity index (χ2v) is 11.9. The van der Waals surface area contributed by atoms with Crippen molar-refractivity contribution in [3.05, 3.63) is 42.1 Å². The molecule has 126 valence electrons. The van der Waals surface area contributed by atoms with E-state index in [-0.39, 0.29) is 0 Å². The Morgan fingerprint density at radius 3 is 2.54 bits per heavy atom. The fourth-order valence-corrected chi connectivity index (χ4v) is 8.42. The molecule has 0 amide bonds. The number of benzene rings is 1. The largest absolute Gasteiger partial charge is 0.455 e. The van der Waals surface area contributed by atoms with Gasteiger partial charge >= 0.3 is 14.4 Å². The Labute approximate surface area is 151 Å².